The average molecular weight is 501 g/mol. The third-order valence-electron chi connectivity index (χ3n) is 10.4. The molecule has 6 rings (SSSR count). The van der Waals surface area contributed by atoms with Gasteiger partial charge in [0.1, 0.15) is 18.3 Å². The van der Waals surface area contributed by atoms with Crippen LogP contribution in [0.2, 0.25) is 0 Å². The van der Waals surface area contributed by atoms with Crippen LogP contribution < -0.4 is 0 Å². The molecule has 0 bridgehead atoms. The van der Waals surface area contributed by atoms with Gasteiger partial charge in [-0.3, -0.25) is 4.79 Å². The maximum atomic E-state index is 13.4. The van der Waals surface area contributed by atoms with Crippen LogP contribution in [0.1, 0.15) is 58.8 Å². The van der Waals surface area contributed by atoms with Crippen molar-refractivity contribution in [3.8, 4) is 0 Å². The van der Waals surface area contributed by atoms with E-state index in [-0.39, 0.29) is 50.2 Å². The van der Waals surface area contributed by atoms with Crippen molar-refractivity contribution in [3.63, 3.8) is 0 Å². The molecule has 35 heavy (non-hydrogen) atoms. The Labute approximate surface area is 201 Å². The minimum absolute atomic E-state index is 0.0121. The van der Waals surface area contributed by atoms with Crippen LogP contribution in [0, 0.1) is 28.6 Å². The Hall–Kier alpha value is -1.49. The molecule has 7 nitrogen and oxygen atoms in total. The molecular weight excluding hydrogens is 469 g/mol. The molecular formula is C25H31F3O7. The smallest absolute Gasteiger partial charge is 0.455 e. The first-order valence-electron chi connectivity index (χ1n) is 12.5. The first-order valence-corrected chi connectivity index (χ1v) is 12.5. The summed E-state index contributed by atoms with van der Waals surface area (Å²) >= 11 is 0. The molecule has 0 aromatic rings. The Morgan fingerprint density at radius 2 is 1.86 bits per heavy atom. The van der Waals surface area contributed by atoms with Gasteiger partial charge in [-0.1, -0.05) is 19.4 Å². The Kier molecular flexibility index (Phi) is 5.13. The second kappa shape index (κ2) is 7.52. The van der Waals surface area contributed by atoms with Crippen LogP contribution in [0.15, 0.2) is 11.6 Å². The van der Waals surface area contributed by atoms with Crippen LogP contribution in [0.4, 0.5) is 13.2 Å². The number of halogens is 3. The number of esters is 1. The lowest BCUT2D eigenvalue weighted by Crippen LogP contribution is -2.66. The fourth-order valence-electron chi connectivity index (χ4n) is 8.94. The summed E-state index contributed by atoms with van der Waals surface area (Å²) in [5.74, 6) is -3.42. The number of hydrogen-bond acceptors (Lipinski definition) is 7. The van der Waals surface area contributed by atoms with E-state index in [1.165, 1.54) is 0 Å². The van der Waals surface area contributed by atoms with Crippen LogP contribution >= 0.6 is 0 Å². The summed E-state index contributed by atoms with van der Waals surface area (Å²) in [5.41, 5.74) is -1.09. The zero-order chi connectivity index (χ0) is 24.9. The van der Waals surface area contributed by atoms with E-state index in [1.54, 1.807) is 6.08 Å². The summed E-state index contributed by atoms with van der Waals surface area (Å²) < 4.78 is 69.3. The molecule has 0 radical (unpaired) electrons. The van der Waals surface area contributed by atoms with E-state index < -0.39 is 40.5 Å². The van der Waals surface area contributed by atoms with Gasteiger partial charge in [-0.05, 0) is 61.9 Å². The molecule has 5 fully saturated rings. The first-order chi connectivity index (χ1) is 16.5. The summed E-state index contributed by atoms with van der Waals surface area (Å²) in [6.07, 6.45) is -0.423. The zero-order valence-corrected chi connectivity index (χ0v) is 19.9. The minimum atomic E-state index is -5.09. The average Bonchev–Trinajstić information content (AvgIpc) is 3.48. The zero-order valence-electron chi connectivity index (χ0n) is 19.9. The lowest BCUT2D eigenvalue weighted by atomic mass is 9.45. The molecule has 0 unspecified atom stereocenters. The molecule has 194 valence electrons. The fourth-order valence-corrected chi connectivity index (χ4v) is 8.94. The van der Waals surface area contributed by atoms with E-state index >= 15 is 0 Å². The third kappa shape index (κ3) is 3.06. The Morgan fingerprint density at radius 1 is 1.09 bits per heavy atom. The molecule has 2 saturated heterocycles. The third-order valence-corrected chi connectivity index (χ3v) is 10.4. The van der Waals surface area contributed by atoms with Crippen LogP contribution in [0.25, 0.3) is 0 Å². The van der Waals surface area contributed by atoms with Crippen molar-refractivity contribution in [3.05, 3.63) is 11.6 Å². The van der Waals surface area contributed by atoms with Gasteiger partial charge < -0.3 is 23.7 Å². The van der Waals surface area contributed by atoms with Crippen LogP contribution in [0.3, 0.4) is 0 Å². The van der Waals surface area contributed by atoms with E-state index in [2.05, 4.69) is 0 Å². The molecule has 0 aromatic carbocycles. The summed E-state index contributed by atoms with van der Waals surface area (Å²) in [7, 11) is 0. The van der Waals surface area contributed by atoms with Crippen LogP contribution in [-0.2, 0) is 33.3 Å². The number of carbonyl (C=O) groups is 2. The van der Waals surface area contributed by atoms with Crippen molar-refractivity contribution in [2.45, 2.75) is 82.5 Å². The molecule has 8 atom stereocenters. The van der Waals surface area contributed by atoms with Crippen LogP contribution in [-0.4, -0.2) is 55.6 Å². The van der Waals surface area contributed by atoms with Gasteiger partial charge in [-0.25, -0.2) is 4.79 Å². The summed E-state index contributed by atoms with van der Waals surface area (Å²) in [4.78, 5) is 24.4. The molecule has 0 amide bonds. The van der Waals surface area contributed by atoms with Gasteiger partial charge in [0.05, 0.1) is 0 Å². The molecule has 0 aromatic heterocycles. The van der Waals surface area contributed by atoms with Gasteiger partial charge in [0.2, 0.25) is 5.79 Å². The summed E-state index contributed by atoms with van der Waals surface area (Å²) in [6, 6.07) is 0. The van der Waals surface area contributed by atoms with Crippen molar-refractivity contribution in [1.29, 1.82) is 0 Å². The monoisotopic (exact) mass is 500 g/mol. The summed E-state index contributed by atoms with van der Waals surface area (Å²) in [5, 5.41) is 0. The van der Waals surface area contributed by atoms with Gasteiger partial charge in [-0.2, -0.15) is 13.2 Å². The Bertz CT molecular complexity index is 967. The molecule has 2 aliphatic heterocycles. The maximum absolute atomic E-state index is 13.4. The van der Waals surface area contributed by atoms with Gasteiger partial charge in [-0.15, -0.1) is 0 Å². The molecule has 2 spiro atoms. The second-order valence-electron chi connectivity index (χ2n) is 11.6. The van der Waals surface area contributed by atoms with E-state index in [0.29, 0.717) is 25.7 Å². The quantitative estimate of drug-likeness (QED) is 0.503. The number of ketones is 1. The number of carbonyl (C=O) groups excluding carboxylic acids is 2. The number of ether oxygens (including phenoxy) is 5. The molecule has 6 aliphatic rings. The van der Waals surface area contributed by atoms with Crippen molar-refractivity contribution in [2.75, 3.05) is 20.2 Å². The number of hydrogen-bond donors (Lipinski definition) is 0. The highest BCUT2D eigenvalue weighted by Gasteiger charge is 2.77. The first kappa shape index (κ1) is 23.9. The second-order valence-corrected chi connectivity index (χ2v) is 11.6. The molecule has 4 aliphatic carbocycles. The molecule has 3 saturated carbocycles. The van der Waals surface area contributed by atoms with Crippen molar-refractivity contribution >= 4 is 11.8 Å². The largest absolute Gasteiger partial charge is 0.490 e. The highest BCUT2D eigenvalue weighted by Crippen LogP contribution is 2.72. The van der Waals surface area contributed by atoms with Gasteiger partial charge in [0.15, 0.2) is 19.4 Å². The fraction of sp³-hybridized carbons (Fsp3) is 0.840. The number of fused-ring (bicyclic) bond motifs is 7. The van der Waals surface area contributed by atoms with Gasteiger partial charge >= 0.3 is 12.1 Å². The highest BCUT2D eigenvalue weighted by molar-refractivity contribution is 5.91. The van der Waals surface area contributed by atoms with E-state index in [1.807, 2.05) is 13.8 Å². The SMILES string of the molecule is C[C@]12CCC(=O)C=C1CC[C@@H]1[C@@H]2[C@H](OC(=O)C(F)(F)F)C[C@@]2(C)[C@H]1CC[C@@]21OCO[C@@]12COCO2. The van der Waals surface area contributed by atoms with E-state index in [0.717, 1.165) is 18.4 Å². The normalized spacial score (nSPS) is 49.1. The lowest BCUT2D eigenvalue weighted by Gasteiger charge is -2.62. The standard InChI is InChI=1S/C25H31F3O7/c1-21-7-5-15(29)9-14(21)3-4-16-17-6-8-23(24(34-13-32-23)11-31-12-33-24)22(17,2)10-18(19(16)21)35-20(30)25(26,27)28/h9,16-19H,3-8,10-13H2,1-2H3/t16-,17-,18+,19+,21-,22-,23+,24-/m0/s1. The molecule has 2 heterocycles. The van der Waals surface area contributed by atoms with Crippen molar-refractivity contribution in [2.24, 2.45) is 28.6 Å². The van der Waals surface area contributed by atoms with Gasteiger partial charge in [0, 0.05) is 17.8 Å². The number of allylic oxidation sites excluding steroid dienone is 1. The summed E-state index contributed by atoms with van der Waals surface area (Å²) in [6.45, 7) is 4.33. The predicted molar refractivity (Wildman–Crippen MR) is 112 cm³/mol. The molecule has 0 N–H and O–H groups in total. The Balaban J connectivity index is 1.44. The van der Waals surface area contributed by atoms with Gasteiger partial charge in [0.25, 0.3) is 0 Å². The van der Waals surface area contributed by atoms with E-state index in [4.69, 9.17) is 23.7 Å². The predicted octanol–water partition coefficient (Wildman–Crippen LogP) is 4.05. The van der Waals surface area contributed by atoms with Crippen LogP contribution in [0.5, 0.6) is 0 Å². The number of alkyl halides is 3. The minimum Gasteiger partial charge on any atom is -0.455 e. The number of rotatable bonds is 1. The maximum Gasteiger partial charge on any atom is 0.490 e. The lowest BCUT2D eigenvalue weighted by molar-refractivity contribution is -0.263. The Morgan fingerprint density at radius 3 is 2.57 bits per heavy atom. The topological polar surface area (TPSA) is 80.3 Å². The van der Waals surface area contributed by atoms with E-state index in [9.17, 15) is 22.8 Å². The van der Waals surface area contributed by atoms with Crippen molar-refractivity contribution in [1.82, 2.24) is 0 Å². The van der Waals surface area contributed by atoms with Crippen molar-refractivity contribution < 1.29 is 46.4 Å². The highest BCUT2D eigenvalue weighted by atomic mass is 19.4. The molecule has 10 heteroatoms.